The Bertz CT molecular complexity index is 33.0. The van der Waals surface area contributed by atoms with E-state index in [1.54, 1.807) is 0 Å². The van der Waals surface area contributed by atoms with Gasteiger partial charge < -0.3 is 0 Å². The minimum absolute atomic E-state index is 0.542. The van der Waals surface area contributed by atoms with Crippen LogP contribution in [0.5, 0.6) is 0 Å². The fraction of sp³-hybridized carbons (Fsp3) is 0.333. The number of rotatable bonds is 0. The SMILES string of the molecule is C#CCS. The van der Waals surface area contributed by atoms with Gasteiger partial charge in [-0.2, -0.15) is 12.6 Å². The molecular weight excluding hydrogens is 68.1 g/mol. The van der Waals surface area contributed by atoms with Crippen LogP contribution in [0.15, 0.2) is 0 Å². The van der Waals surface area contributed by atoms with Crippen LogP contribution in [0, 0.1) is 12.3 Å². The Labute approximate surface area is 31.6 Å². The summed E-state index contributed by atoms with van der Waals surface area (Å²) in [4.78, 5) is 0. The first kappa shape index (κ1) is 3.91. The lowest BCUT2D eigenvalue weighted by Crippen LogP contribution is -1.47. The van der Waals surface area contributed by atoms with Crippen LogP contribution in [0.25, 0.3) is 0 Å². The largest absolute Gasteiger partial charge is 0.166 e. The second kappa shape index (κ2) is 2.91. The van der Waals surface area contributed by atoms with Crippen LogP contribution in [0.1, 0.15) is 0 Å². The predicted molar refractivity (Wildman–Crippen MR) is 22.7 cm³/mol. The fourth-order valence-corrected chi connectivity index (χ4v) is 0. The Morgan fingerprint density at radius 2 is 2.25 bits per heavy atom. The first-order chi connectivity index (χ1) is 1.91. The molecule has 0 saturated heterocycles. The van der Waals surface area contributed by atoms with Gasteiger partial charge in [-0.3, -0.25) is 0 Å². The first-order valence-corrected chi connectivity index (χ1v) is 1.59. The van der Waals surface area contributed by atoms with Gasteiger partial charge in [0.05, 0.1) is 5.75 Å². The highest BCUT2D eigenvalue weighted by atomic mass is 32.1. The topological polar surface area (TPSA) is 0 Å². The summed E-state index contributed by atoms with van der Waals surface area (Å²) >= 11 is 3.68. The summed E-state index contributed by atoms with van der Waals surface area (Å²) in [5, 5.41) is 0. The summed E-state index contributed by atoms with van der Waals surface area (Å²) in [6.07, 6.45) is 4.70. The summed E-state index contributed by atoms with van der Waals surface area (Å²) in [7, 11) is 0. The lowest BCUT2D eigenvalue weighted by molar-refractivity contribution is 1.99. The number of terminal acetylenes is 1. The van der Waals surface area contributed by atoms with Crippen molar-refractivity contribution in [1.29, 1.82) is 0 Å². The van der Waals surface area contributed by atoms with E-state index in [2.05, 4.69) is 18.5 Å². The van der Waals surface area contributed by atoms with Crippen molar-refractivity contribution in [1.82, 2.24) is 0 Å². The van der Waals surface area contributed by atoms with Crippen LogP contribution in [-0.4, -0.2) is 5.75 Å². The van der Waals surface area contributed by atoms with Gasteiger partial charge in [0.15, 0.2) is 0 Å². The zero-order chi connectivity index (χ0) is 3.41. The van der Waals surface area contributed by atoms with Crippen molar-refractivity contribution in [2.75, 3.05) is 5.75 Å². The van der Waals surface area contributed by atoms with Crippen LogP contribution in [0.4, 0.5) is 0 Å². The maximum atomic E-state index is 4.70. The molecule has 0 saturated carbocycles. The maximum absolute atomic E-state index is 4.70. The third-order valence-corrected chi connectivity index (χ3v) is 0.274. The molecule has 0 aromatic rings. The van der Waals surface area contributed by atoms with Crippen molar-refractivity contribution in [2.24, 2.45) is 0 Å². The van der Waals surface area contributed by atoms with E-state index in [1.165, 1.54) is 0 Å². The molecule has 0 heterocycles. The minimum Gasteiger partial charge on any atom is -0.166 e. The highest BCUT2D eigenvalue weighted by Gasteiger charge is 1.44. The lowest BCUT2D eigenvalue weighted by atomic mass is 10.8. The van der Waals surface area contributed by atoms with E-state index < -0.39 is 0 Å². The van der Waals surface area contributed by atoms with Gasteiger partial charge in [-0.05, 0) is 0 Å². The summed E-state index contributed by atoms with van der Waals surface area (Å²) in [6.45, 7) is 0. The molecule has 0 aromatic heterocycles. The van der Waals surface area contributed by atoms with Crippen LogP contribution >= 0.6 is 12.6 Å². The number of hydrogen-bond donors (Lipinski definition) is 1. The molecule has 4 heavy (non-hydrogen) atoms. The smallest absolute Gasteiger partial charge is 0.0514 e. The average Bonchev–Trinajstić information content (AvgIpc) is 1.37. The molecule has 0 N–H and O–H groups in total. The van der Waals surface area contributed by atoms with E-state index in [0.717, 1.165) is 0 Å². The van der Waals surface area contributed by atoms with E-state index in [0.29, 0.717) is 5.75 Å². The Balaban J connectivity index is 2.43. The molecule has 0 unspecified atom stereocenters. The van der Waals surface area contributed by atoms with E-state index in [4.69, 9.17) is 6.42 Å². The van der Waals surface area contributed by atoms with Crippen molar-refractivity contribution in [2.45, 2.75) is 0 Å². The summed E-state index contributed by atoms with van der Waals surface area (Å²) in [5.74, 6) is 2.84. The third kappa shape index (κ3) is 1.91. The standard InChI is InChI=1S/C3H4S/c1-2-3-4/h1,4H,3H2. The van der Waals surface area contributed by atoms with Gasteiger partial charge in [-0.15, -0.1) is 6.42 Å². The minimum atomic E-state index is 0.542. The summed E-state index contributed by atoms with van der Waals surface area (Å²) in [5.41, 5.74) is 0. The zero-order valence-corrected chi connectivity index (χ0v) is 3.13. The molecule has 0 aliphatic rings. The van der Waals surface area contributed by atoms with Crippen molar-refractivity contribution in [3.8, 4) is 12.3 Å². The molecule has 0 amide bonds. The van der Waals surface area contributed by atoms with E-state index >= 15 is 0 Å². The van der Waals surface area contributed by atoms with Crippen LogP contribution < -0.4 is 0 Å². The molecule has 0 atom stereocenters. The Morgan fingerprint density at radius 3 is 2.25 bits per heavy atom. The van der Waals surface area contributed by atoms with Crippen molar-refractivity contribution in [3.05, 3.63) is 0 Å². The molecule has 0 spiro atoms. The molecule has 0 aliphatic carbocycles. The second-order valence-electron chi connectivity index (χ2n) is 0.362. The number of hydrogen-bond acceptors (Lipinski definition) is 1. The molecule has 0 bridgehead atoms. The van der Waals surface area contributed by atoms with E-state index in [-0.39, 0.29) is 0 Å². The Morgan fingerprint density at radius 1 is 2.00 bits per heavy atom. The zero-order valence-electron chi connectivity index (χ0n) is 2.23. The third-order valence-electron chi connectivity index (χ3n) is 0.0913. The van der Waals surface area contributed by atoms with E-state index in [1.807, 2.05) is 0 Å². The van der Waals surface area contributed by atoms with Gasteiger partial charge in [0.25, 0.3) is 0 Å². The molecule has 0 nitrogen and oxygen atoms in total. The highest BCUT2D eigenvalue weighted by molar-refractivity contribution is 7.80. The summed E-state index contributed by atoms with van der Waals surface area (Å²) in [6, 6.07) is 0. The second-order valence-corrected chi connectivity index (χ2v) is 0.678. The quantitative estimate of drug-likeness (QED) is 0.313. The van der Waals surface area contributed by atoms with Crippen LogP contribution in [0.3, 0.4) is 0 Å². The lowest BCUT2D eigenvalue weighted by Gasteiger charge is -1.52. The number of thiol groups is 1. The van der Waals surface area contributed by atoms with Gasteiger partial charge in [0.2, 0.25) is 0 Å². The van der Waals surface area contributed by atoms with E-state index in [9.17, 15) is 0 Å². The molecule has 1 heteroatoms. The van der Waals surface area contributed by atoms with Crippen molar-refractivity contribution in [3.63, 3.8) is 0 Å². The van der Waals surface area contributed by atoms with Gasteiger partial charge in [0.1, 0.15) is 0 Å². The Hall–Kier alpha value is -0.0900. The fourth-order valence-electron chi connectivity index (χ4n) is 0. The van der Waals surface area contributed by atoms with Crippen LogP contribution in [-0.2, 0) is 0 Å². The van der Waals surface area contributed by atoms with Gasteiger partial charge in [-0.1, -0.05) is 5.92 Å². The molecule has 0 fully saturated rings. The van der Waals surface area contributed by atoms with Crippen LogP contribution in [0.2, 0.25) is 0 Å². The molecule has 0 aliphatic heterocycles. The van der Waals surface area contributed by atoms with Gasteiger partial charge >= 0.3 is 0 Å². The molecule has 22 valence electrons. The predicted octanol–water partition coefficient (Wildman–Crippen LogP) is 0.549. The maximum Gasteiger partial charge on any atom is 0.0514 e. The normalized spacial score (nSPS) is 5.00. The average molecular weight is 72.1 g/mol. The Kier molecular flexibility index (Phi) is 2.84. The van der Waals surface area contributed by atoms with Gasteiger partial charge in [-0.25, -0.2) is 0 Å². The highest BCUT2D eigenvalue weighted by Crippen LogP contribution is 1.59. The molecule has 0 aromatic carbocycles. The van der Waals surface area contributed by atoms with Gasteiger partial charge in [0, 0.05) is 0 Å². The monoisotopic (exact) mass is 72.0 g/mol. The summed E-state index contributed by atoms with van der Waals surface area (Å²) < 4.78 is 0. The molecular formula is C3H4S. The molecule has 0 rings (SSSR count). The van der Waals surface area contributed by atoms with Crippen molar-refractivity contribution >= 4 is 12.6 Å². The molecule has 0 radical (unpaired) electrons. The van der Waals surface area contributed by atoms with Crippen molar-refractivity contribution < 1.29 is 0 Å². The first-order valence-electron chi connectivity index (χ1n) is 0.958.